The Morgan fingerprint density at radius 2 is 1.62 bits per heavy atom. The van der Waals surface area contributed by atoms with Crippen molar-refractivity contribution in [3.8, 4) is 5.75 Å². The molecule has 0 unspecified atom stereocenters. The van der Waals surface area contributed by atoms with Crippen LogP contribution >= 0.6 is 0 Å². The first kappa shape index (κ1) is 21.0. The van der Waals surface area contributed by atoms with Crippen LogP contribution < -0.4 is 4.74 Å². The Bertz CT molecular complexity index is 669. The van der Waals surface area contributed by atoms with Gasteiger partial charge in [-0.05, 0) is 32.1 Å². The lowest BCUT2D eigenvalue weighted by atomic mass is 10.1. The molecule has 1 aromatic rings. The second-order valence-electron chi connectivity index (χ2n) is 4.77. The van der Waals surface area contributed by atoms with Crippen LogP contribution in [0.15, 0.2) is 42.0 Å². The second kappa shape index (κ2) is 11.5. The number of ether oxygens (including phenoxy) is 4. The van der Waals surface area contributed by atoms with Gasteiger partial charge in [-0.15, -0.1) is 0 Å². The number of carbonyl (C=O) groups is 3. The quantitative estimate of drug-likeness (QED) is 0.219. The molecular formula is C19H22O7. The summed E-state index contributed by atoms with van der Waals surface area (Å²) in [5.41, 5.74) is 0.268. The number of rotatable bonds is 9. The summed E-state index contributed by atoms with van der Waals surface area (Å²) in [5, 5.41) is 0. The van der Waals surface area contributed by atoms with Crippen LogP contribution in [0.3, 0.4) is 0 Å². The third-order valence-corrected chi connectivity index (χ3v) is 3.00. The molecule has 140 valence electrons. The van der Waals surface area contributed by atoms with E-state index >= 15 is 0 Å². The summed E-state index contributed by atoms with van der Waals surface area (Å²) in [5.74, 6) is -1.61. The van der Waals surface area contributed by atoms with Crippen molar-refractivity contribution in [1.82, 2.24) is 0 Å². The van der Waals surface area contributed by atoms with Crippen LogP contribution in [0.25, 0.3) is 6.08 Å². The summed E-state index contributed by atoms with van der Waals surface area (Å²) in [6, 6.07) is 6.82. The van der Waals surface area contributed by atoms with Crippen molar-refractivity contribution < 1.29 is 33.3 Å². The van der Waals surface area contributed by atoms with E-state index in [1.54, 1.807) is 38.1 Å². The third kappa shape index (κ3) is 6.80. The topological polar surface area (TPSA) is 88.1 Å². The van der Waals surface area contributed by atoms with Gasteiger partial charge in [-0.2, -0.15) is 0 Å². The van der Waals surface area contributed by atoms with Crippen LogP contribution in [-0.2, 0) is 28.6 Å². The van der Waals surface area contributed by atoms with Crippen molar-refractivity contribution in [2.24, 2.45) is 0 Å². The van der Waals surface area contributed by atoms with Crippen molar-refractivity contribution in [3.05, 3.63) is 47.6 Å². The molecule has 0 aliphatic carbocycles. The van der Waals surface area contributed by atoms with E-state index < -0.39 is 17.9 Å². The molecule has 0 spiro atoms. The maximum atomic E-state index is 12.0. The normalized spacial score (nSPS) is 10.1. The van der Waals surface area contributed by atoms with Gasteiger partial charge in [0, 0.05) is 11.6 Å². The number of methoxy groups -OCH3 is 1. The molecule has 0 aliphatic heterocycles. The zero-order valence-corrected chi connectivity index (χ0v) is 15.0. The zero-order valence-electron chi connectivity index (χ0n) is 15.0. The van der Waals surface area contributed by atoms with E-state index in [0.717, 1.165) is 0 Å². The molecule has 1 rings (SSSR count). The fraction of sp³-hybridized carbons (Fsp3) is 0.316. The minimum atomic E-state index is -0.772. The molecule has 0 bridgehead atoms. The van der Waals surface area contributed by atoms with Gasteiger partial charge in [-0.3, -0.25) is 0 Å². The molecular weight excluding hydrogens is 340 g/mol. The minimum Gasteiger partial charge on any atom is -0.489 e. The Labute approximate surface area is 152 Å². The standard InChI is InChI=1S/C19H22O7/c1-4-24-18(21)15(19(22)25-5-2)13-14-9-6-7-10-16(14)26-12-8-11-17(20)23-3/h6-11,13H,4-5,12H2,1-3H3/b11-8+. The molecule has 0 saturated heterocycles. The van der Waals surface area contributed by atoms with E-state index in [4.69, 9.17) is 14.2 Å². The van der Waals surface area contributed by atoms with Crippen molar-refractivity contribution in [1.29, 1.82) is 0 Å². The van der Waals surface area contributed by atoms with Crippen LogP contribution in [0, 0.1) is 0 Å². The molecule has 0 saturated carbocycles. The molecule has 0 radical (unpaired) electrons. The van der Waals surface area contributed by atoms with Gasteiger partial charge in [0.05, 0.1) is 20.3 Å². The van der Waals surface area contributed by atoms with Crippen molar-refractivity contribution in [2.75, 3.05) is 26.9 Å². The zero-order chi connectivity index (χ0) is 19.4. The van der Waals surface area contributed by atoms with Gasteiger partial charge in [0.15, 0.2) is 0 Å². The summed E-state index contributed by atoms with van der Waals surface area (Å²) >= 11 is 0. The average molecular weight is 362 g/mol. The van der Waals surface area contributed by atoms with E-state index in [0.29, 0.717) is 11.3 Å². The molecule has 0 N–H and O–H groups in total. The Morgan fingerprint density at radius 1 is 1.00 bits per heavy atom. The lowest BCUT2D eigenvalue weighted by Gasteiger charge is -2.10. The summed E-state index contributed by atoms with van der Waals surface area (Å²) in [7, 11) is 1.28. The molecule has 0 heterocycles. The predicted octanol–water partition coefficient (Wildman–Crippen LogP) is 2.30. The van der Waals surface area contributed by atoms with Gasteiger partial charge >= 0.3 is 17.9 Å². The molecule has 1 aromatic carbocycles. The van der Waals surface area contributed by atoms with Gasteiger partial charge < -0.3 is 18.9 Å². The van der Waals surface area contributed by atoms with Crippen LogP contribution in [0.1, 0.15) is 19.4 Å². The summed E-state index contributed by atoms with van der Waals surface area (Å²) in [6.07, 6.45) is 4.08. The molecule has 0 fully saturated rings. The number of benzene rings is 1. The molecule has 0 atom stereocenters. The SMILES string of the molecule is CCOC(=O)C(=Cc1ccccc1OC/C=C/C(=O)OC)C(=O)OCC. The van der Waals surface area contributed by atoms with Gasteiger partial charge in [0.25, 0.3) is 0 Å². The first-order chi connectivity index (χ1) is 12.5. The van der Waals surface area contributed by atoms with Crippen LogP contribution in [0.4, 0.5) is 0 Å². The Morgan fingerprint density at radius 3 is 2.19 bits per heavy atom. The fourth-order valence-corrected chi connectivity index (χ4v) is 1.86. The lowest BCUT2D eigenvalue weighted by molar-refractivity contribution is -0.146. The highest BCUT2D eigenvalue weighted by Crippen LogP contribution is 2.22. The largest absolute Gasteiger partial charge is 0.489 e. The maximum absolute atomic E-state index is 12.0. The number of carbonyl (C=O) groups excluding carboxylic acids is 3. The van der Waals surface area contributed by atoms with E-state index in [2.05, 4.69) is 4.74 Å². The molecule has 26 heavy (non-hydrogen) atoms. The highest BCUT2D eigenvalue weighted by Gasteiger charge is 2.21. The smallest absolute Gasteiger partial charge is 0.345 e. The number of para-hydroxylation sites is 1. The summed E-state index contributed by atoms with van der Waals surface area (Å²) in [6.45, 7) is 3.66. The number of hydrogen-bond acceptors (Lipinski definition) is 7. The highest BCUT2D eigenvalue weighted by molar-refractivity contribution is 6.17. The molecule has 0 amide bonds. The average Bonchev–Trinajstić information content (AvgIpc) is 2.64. The maximum Gasteiger partial charge on any atom is 0.345 e. The van der Waals surface area contributed by atoms with Gasteiger partial charge in [0.2, 0.25) is 0 Å². The second-order valence-corrected chi connectivity index (χ2v) is 4.77. The number of hydrogen-bond donors (Lipinski definition) is 0. The van der Waals surface area contributed by atoms with Gasteiger partial charge in [-0.25, -0.2) is 14.4 Å². The number of esters is 3. The first-order valence-electron chi connectivity index (χ1n) is 8.05. The Hall–Kier alpha value is -3.09. The summed E-state index contributed by atoms with van der Waals surface area (Å²) < 4.78 is 19.9. The monoisotopic (exact) mass is 362 g/mol. The Kier molecular flexibility index (Phi) is 9.24. The van der Waals surface area contributed by atoms with E-state index in [-0.39, 0.29) is 25.4 Å². The van der Waals surface area contributed by atoms with Crippen LogP contribution in [0.5, 0.6) is 5.75 Å². The first-order valence-corrected chi connectivity index (χ1v) is 8.05. The third-order valence-electron chi connectivity index (χ3n) is 3.00. The molecule has 0 aliphatic rings. The van der Waals surface area contributed by atoms with E-state index in [1.165, 1.54) is 25.3 Å². The highest BCUT2D eigenvalue weighted by atomic mass is 16.6. The minimum absolute atomic E-state index is 0.105. The van der Waals surface area contributed by atoms with E-state index in [1.807, 2.05) is 0 Å². The van der Waals surface area contributed by atoms with Crippen LogP contribution in [0.2, 0.25) is 0 Å². The van der Waals surface area contributed by atoms with E-state index in [9.17, 15) is 14.4 Å². The predicted molar refractivity (Wildman–Crippen MR) is 94.3 cm³/mol. The van der Waals surface area contributed by atoms with Crippen molar-refractivity contribution in [3.63, 3.8) is 0 Å². The van der Waals surface area contributed by atoms with Gasteiger partial charge in [0.1, 0.15) is 17.9 Å². The molecule has 0 aromatic heterocycles. The Balaban J connectivity index is 3.04. The molecule has 7 heteroatoms. The summed E-state index contributed by atoms with van der Waals surface area (Å²) in [4.78, 5) is 35.1. The lowest BCUT2D eigenvalue weighted by Crippen LogP contribution is -2.18. The molecule has 7 nitrogen and oxygen atoms in total. The van der Waals surface area contributed by atoms with Crippen molar-refractivity contribution >= 4 is 24.0 Å². The van der Waals surface area contributed by atoms with Crippen LogP contribution in [-0.4, -0.2) is 44.8 Å². The fourth-order valence-electron chi connectivity index (χ4n) is 1.86. The van der Waals surface area contributed by atoms with Crippen molar-refractivity contribution in [2.45, 2.75) is 13.8 Å². The van der Waals surface area contributed by atoms with Gasteiger partial charge in [-0.1, -0.05) is 18.2 Å².